The average molecular weight is 414 g/mol. The summed E-state index contributed by atoms with van der Waals surface area (Å²) in [7, 11) is 0. The Morgan fingerprint density at radius 3 is 2.60 bits per heavy atom. The first-order chi connectivity index (χ1) is 14.3. The van der Waals surface area contributed by atoms with Crippen molar-refractivity contribution in [1.82, 2.24) is 14.8 Å². The maximum Gasteiger partial charge on any atom is 0.269 e. The number of hydrogen-bond donors (Lipinski definition) is 1. The monoisotopic (exact) mass is 414 g/mol. The molecule has 1 heterocycles. The number of halogens is 2. The predicted octanol–water partition coefficient (Wildman–Crippen LogP) is 4.09. The first kappa shape index (κ1) is 21.3. The van der Waals surface area contributed by atoms with Gasteiger partial charge >= 0.3 is 0 Å². The van der Waals surface area contributed by atoms with Crippen LogP contribution in [0.3, 0.4) is 0 Å². The van der Waals surface area contributed by atoms with Gasteiger partial charge in [0.25, 0.3) is 5.69 Å². The number of rotatable bonds is 8. The second-order valence-corrected chi connectivity index (χ2v) is 7.03. The van der Waals surface area contributed by atoms with Crippen LogP contribution in [-0.2, 0) is 12.1 Å². The number of allylic oxidation sites excluding steroid dienone is 1. The van der Waals surface area contributed by atoms with Crippen molar-refractivity contribution in [1.29, 1.82) is 0 Å². The van der Waals surface area contributed by atoms with Crippen molar-refractivity contribution in [2.75, 3.05) is 0 Å². The number of non-ortho nitro benzene ring substituents is 1. The van der Waals surface area contributed by atoms with Crippen molar-refractivity contribution in [2.45, 2.75) is 25.5 Å². The van der Waals surface area contributed by atoms with E-state index in [1.54, 1.807) is 31.2 Å². The fourth-order valence-corrected chi connectivity index (χ4v) is 3.22. The average Bonchev–Trinajstić information content (AvgIpc) is 3.20. The van der Waals surface area contributed by atoms with Crippen molar-refractivity contribution in [3.05, 3.63) is 94.1 Å². The van der Waals surface area contributed by atoms with E-state index in [2.05, 4.69) is 10.1 Å². The fourth-order valence-electron chi connectivity index (χ4n) is 3.22. The molecule has 0 saturated carbocycles. The number of nitro groups is 1. The van der Waals surface area contributed by atoms with Gasteiger partial charge in [0, 0.05) is 23.8 Å². The fraction of sp³-hybridized carbons (Fsp3) is 0.238. The third kappa shape index (κ3) is 4.74. The molecule has 0 aliphatic heterocycles. The van der Waals surface area contributed by atoms with Crippen LogP contribution in [0.1, 0.15) is 24.5 Å². The minimum Gasteiger partial charge on any atom is -0.383 e. The summed E-state index contributed by atoms with van der Waals surface area (Å²) in [6.07, 6.45) is 6.63. The molecule has 3 rings (SSSR count). The van der Waals surface area contributed by atoms with Crippen LogP contribution in [0.5, 0.6) is 0 Å². The van der Waals surface area contributed by atoms with Crippen LogP contribution < -0.4 is 0 Å². The van der Waals surface area contributed by atoms with Crippen molar-refractivity contribution < 1.29 is 18.8 Å². The molecule has 2 atom stereocenters. The van der Waals surface area contributed by atoms with Gasteiger partial charge in [0.1, 0.15) is 29.9 Å². The van der Waals surface area contributed by atoms with E-state index in [1.165, 1.54) is 35.5 Å². The number of nitro benzene ring substituents is 1. The lowest BCUT2D eigenvalue weighted by atomic mass is 9.80. The highest BCUT2D eigenvalue weighted by Crippen LogP contribution is 2.35. The van der Waals surface area contributed by atoms with Crippen molar-refractivity contribution in [3.63, 3.8) is 0 Å². The highest BCUT2D eigenvalue weighted by atomic mass is 19.1. The Balaban J connectivity index is 1.82. The molecule has 9 heteroatoms. The van der Waals surface area contributed by atoms with Gasteiger partial charge in [-0.2, -0.15) is 5.10 Å². The molecule has 7 nitrogen and oxygen atoms in total. The largest absolute Gasteiger partial charge is 0.383 e. The highest BCUT2D eigenvalue weighted by Gasteiger charge is 2.38. The predicted molar refractivity (Wildman–Crippen MR) is 106 cm³/mol. The smallest absolute Gasteiger partial charge is 0.269 e. The second kappa shape index (κ2) is 8.91. The molecule has 0 bridgehead atoms. The first-order valence-electron chi connectivity index (χ1n) is 9.21. The molecule has 30 heavy (non-hydrogen) atoms. The van der Waals surface area contributed by atoms with Crippen molar-refractivity contribution >= 4 is 11.8 Å². The third-order valence-corrected chi connectivity index (χ3v) is 4.99. The maximum atomic E-state index is 14.5. The minimum atomic E-state index is -1.68. The van der Waals surface area contributed by atoms with Crippen LogP contribution in [0.2, 0.25) is 0 Å². The molecule has 0 unspecified atom stereocenters. The molecule has 3 aromatic rings. The molecular weight excluding hydrogens is 394 g/mol. The molecule has 1 aromatic heterocycles. The summed E-state index contributed by atoms with van der Waals surface area (Å²) >= 11 is 0. The Hall–Kier alpha value is -3.46. The number of nitrogens with zero attached hydrogens (tertiary/aromatic N) is 4. The molecule has 1 N–H and O–H groups in total. The summed E-state index contributed by atoms with van der Waals surface area (Å²) in [5, 5.41) is 26.1. The van der Waals surface area contributed by atoms with E-state index in [9.17, 15) is 24.0 Å². The summed E-state index contributed by atoms with van der Waals surface area (Å²) in [6.45, 7) is 1.68. The lowest BCUT2D eigenvalue weighted by Crippen LogP contribution is -2.39. The van der Waals surface area contributed by atoms with Crippen LogP contribution in [0.4, 0.5) is 14.5 Å². The molecule has 0 radical (unpaired) electrons. The van der Waals surface area contributed by atoms with Crippen LogP contribution in [0, 0.1) is 27.7 Å². The minimum absolute atomic E-state index is 0.00508. The summed E-state index contributed by atoms with van der Waals surface area (Å²) in [4.78, 5) is 14.1. The van der Waals surface area contributed by atoms with Gasteiger partial charge in [-0.15, -0.1) is 0 Å². The van der Waals surface area contributed by atoms with Gasteiger partial charge in [-0.3, -0.25) is 10.1 Å². The van der Waals surface area contributed by atoms with E-state index in [1.807, 2.05) is 0 Å². The molecule has 0 spiro atoms. The molecule has 0 fully saturated rings. The number of hydrogen-bond acceptors (Lipinski definition) is 5. The van der Waals surface area contributed by atoms with Crippen molar-refractivity contribution in [3.8, 4) is 0 Å². The molecular formula is C21H20F2N4O3. The van der Waals surface area contributed by atoms with E-state index in [4.69, 9.17) is 0 Å². The topological polar surface area (TPSA) is 94.1 Å². The Morgan fingerprint density at radius 2 is 2.00 bits per heavy atom. The SMILES string of the molecule is C[C@@H](C/C=C/c1ccc([N+](=O)[O-])cc1)[C@](O)(Cn1cncn1)c1ccc(F)cc1F. The second-order valence-electron chi connectivity index (χ2n) is 7.03. The summed E-state index contributed by atoms with van der Waals surface area (Å²) in [6, 6.07) is 9.10. The van der Waals surface area contributed by atoms with Crippen LogP contribution in [0.25, 0.3) is 6.08 Å². The van der Waals surface area contributed by atoms with Gasteiger partial charge < -0.3 is 5.11 Å². The summed E-state index contributed by atoms with van der Waals surface area (Å²) in [5.41, 5.74) is -0.962. The maximum absolute atomic E-state index is 14.5. The molecule has 0 aliphatic carbocycles. The van der Waals surface area contributed by atoms with E-state index < -0.39 is 28.1 Å². The standard InChI is InChI=1S/C21H20F2N4O3/c1-15(3-2-4-16-5-8-18(9-6-16)27(29)30)21(28,12-26-14-24-13-25-26)19-10-7-17(22)11-20(19)23/h2,4-11,13-15,28H,3,12H2,1H3/b4-2+/t15-,21+/m0/s1. The lowest BCUT2D eigenvalue weighted by molar-refractivity contribution is -0.384. The lowest BCUT2D eigenvalue weighted by Gasteiger charge is -2.34. The molecule has 0 amide bonds. The van der Waals surface area contributed by atoms with E-state index in [-0.39, 0.29) is 17.8 Å². The normalized spacial score (nSPS) is 14.5. The first-order valence-corrected chi connectivity index (χ1v) is 9.21. The van der Waals surface area contributed by atoms with Gasteiger partial charge in [-0.1, -0.05) is 25.1 Å². The van der Waals surface area contributed by atoms with Crippen LogP contribution >= 0.6 is 0 Å². The highest BCUT2D eigenvalue weighted by molar-refractivity contribution is 5.51. The van der Waals surface area contributed by atoms with E-state index >= 15 is 0 Å². The van der Waals surface area contributed by atoms with Crippen LogP contribution in [-0.4, -0.2) is 24.8 Å². The Bertz CT molecular complexity index is 1040. The van der Waals surface area contributed by atoms with E-state index in [0.717, 1.165) is 17.7 Å². The number of benzene rings is 2. The Morgan fingerprint density at radius 1 is 1.27 bits per heavy atom. The molecule has 0 aliphatic rings. The summed E-state index contributed by atoms with van der Waals surface area (Å²) in [5.74, 6) is -2.05. The quantitative estimate of drug-likeness (QED) is 0.443. The molecule has 0 saturated heterocycles. The van der Waals surface area contributed by atoms with Gasteiger partial charge in [0.2, 0.25) is 0 Å². The zero-order valence-electron chi connectivity index (χ0n) is 16.2. The zero-order valence-corrected chi connectivity index (χ0v) is 16.2. The van der Waals surface area contributed by atoms with E-state index in [0.29, 0.717) is 6.42 Å². The number of aromatic nitrogens is 3. The Labute approximate surface area is 171 Å². The van der Waals surface area contributed by atoms with Gasteiger partial charge in [0.05, 0.1) is 11.5 Å². The zero-order chi connectivity index (χ0) is 21.7. The van der Waals surface area contributed by atoms with Crippen molar-refractivity contribution in [2.24, 2.45) is 5.92 Å². The third-order valence-electron chi connectivity index (χ3n) is 4.99. The number of aliphatic hydroxyl groups is 1. The molecule has 2 aromatic carbocycles. The Kier molecular flexibility index (Phi) is 6.31. The van der Waals surface area contributed by atoms with Gasteiger partial charge in [-0.05, 0) is 36.1 Å². The van der Waals surface area contributed by atoms with Gasteiger partial charge in [0.15, 0.2) is 0 Å². The summed E-state index contributed by atoms with van der Waals surface area (Å²) < 4.78 is 29.3. The molecule has 156 valence electrons. The van der Waals surface area contributed by atoms with Crippen LogP contribution in [0.15, 0.2) is 61.2 Å². The van der Waals surface area contributed by atoms with Gasteiger partial charge in [-0.25, -0.2) is 18.4 Å².